The highest BCUT2D eigenvalue weighted by molar-refractivity contribution is 6.21. The molecule has 2 nitrogen and oxygen atoms in total. The van der Waals surface area contributed by atoms with Crippen LogP contribution in [-0.4, -0.2) is 9.13 Å². The first-order valence-electron chi connectivity index (χ1n) is 18.5. The Balaban J connectivity index is 1.13. The molecule has 0 radical (unpaired) electrons. The van der Waals surface area contributed by atoms with Crippen LogP contribution < -0.4 is 10.6 Å². The minimum Gasteiger partial charge on any atom is -0.333 e. The number of hydrogen-bond donors (Lipinski definition) is 0. The molecule has 11 rings (SSSR count). The predicted octanol–water partition coefficient (Wildman–Crippen LogP) is 11.4. The van der Waals surface area contributed by atoms with Gasteiger partial charge >= 0.3 is 0 Å². The maximum absolute atomic E-state index is 2.62. The lowest BCUT2D eigenvalue weighted by molar-refractivity contribution is 0.613. The maximum atomic E-state index is 2.62. The minimum atomic E-state index is 0.238. The Morgan fingerprint density at radius 2 is 1.19 bits per heavy atom. The van der Waals surface area contributed by atoms with Gasteiger partial charge in [0.1, 0.15) is 0 Å². The van der Waals surface area contributed by atoms with Crippen molar-refractivity contribution < 1.29 is 0 Å². The van der Waals surface area contributed by atoms with Crippen LogP contribution in [0.25, 0.3) is 77.7 Å². The molecular weight excluding hydrogens is 629 g/mol. The van der Waals surface area contributed by atoms with Crippen LogP contribution in [0.2, 0.25) is 0 Å². The molecule has 0 saturated heterocycles. The van der Waals surface area contributed by atoms with E-state index in [9.17, 15) is 0 Å². The van der Waals surface area contributed by atoms with Gasteiger partial charge in [0, 0.05) is 38.3 Å². The zero-order valence-electron chi connectivity index (χ0n) is 28.8. The van der Waals surface area contributed by atoms with Crippen LogP contribution in [0.15, 0.2) is 170 Å². The Labute approximate surface area is 302 Å². The van der Waals surface area contributed by atoms with Crippen LogP contribution in [0.1, 0.15) is 35.9 Å². The van der Waals surface area contributed by atoms with Crippen molar-refractivity contribution in [2.24, 2.45) is 0 Å². The summed E-state index contributed by atoms with van der Waals surface area (Å²) >= 11 is 0. The first kappa shape index (κ1) is 29.4. The zero-order chi connectivity index (χ0) is 34.2. The summed E-state index contributed by atoms with van der Waals surface area (Å²) in [6.07, 6.45) is 14.2. The molecule has 2 aliphatic rings. The number of aromatic nitrogens is 2. The van der Waals surface area contributed by atoms with Crippen molar-refractivity contribution in [2.45, 2.75) is 24.8 Å². The quantitative estimate of drug-likeness (QED) is 0.177. The van der Waals surface area contributed by atoms with E-state index in [-0.39, 0.29) is 12.0 Å². The van der Waals surface area contributed by atoms with Crippen LogP contribution in [0.4, 0.5) is 0 Å². The summed E-state index contributed by atoms with van der Waals surface area (Å²) in [7, 11) is 0. The summed E-state index contributed by atoms with van der Waals surface area (Å²) in [6.45, 7) is 0. The Morgan fingerprint density at radius 3 is 1.98 bits per heavy atom. The van der Waals surface area contributed by atoms with Gasteiger partial charge in [0.2, 0.25) is 0 Å². The van der Waals surface area contributed by atoms with E-state index in [1.807, 2.05) is 0 Å². The first-order valence-corrected chi connectivity index (χ1v) is 18.5. The molecule has 2 atom stereocenters. The van der Waals surface area contributed by atoms with Crippen molar-refractivity contribution >= 4 is 72.0 Å². The molecule has 0 fully saturated rings. The summed E-state index contributed by atoms with van der Waals surface area (Å²) in [5.41, 5.74) is 8.92. The van der Waals surface area contributed by atoms with E-state index in [2.05, 4.69) is 191 Å². The molecule has 0 N–H and O–H groups in total. The van der Waals surface area contributed by atoms with E-state index in [4.69, 9.17) is 0 Å². The third-order valence-corrected chi connectivity index (χ3v) is 11.5. The van der Waals surface area contributed by atoms with Gasteiger partial charge in [0.25, 0.3) is 0 Å². The van der Waals surface area contributed by atoms with Gasteiger partial charge in [-0.15, -0.1) is 0 Å². The standard InChI is InChI=1S/C50H36N2/c1-3-12-33(13-4-1)36-16-11-19-40(30-36)52-46-27-25-38(32-44(46)50-42-21-10-8-15-35(42)23-29-48(50)52)37-24-26-45-43(31-37)49-41-20-9-7-14-34(41)22-28-47(49)51(45)39-17-5-2-6-18-39/h1-18,20-24,26-32,38,40H,19,25H2. The molecule has 0 saturated carbocycles. The van der Waals surface area contributed by atoms with Crippen molar-refractivity contribution in [1.29, 1.82) is 0 Å². The molecule has 52 heavy (non-hydrogen) atoms. The normalized spacial score (nSPS) is 17.0. The highest BCUT2D eigenvalue weighted by Crippen LogP contribution is 2.39. The van der Waals surface area contributed by atoms with E-state index < -0.39 is 0 Å². The summed E-state index contributed by atoms with van der Waals surface area (Å²) in [5, 5.41) is 11.9. The van der Waals surface area contributed by atoms with E-state index in [0.717, 1.165) is 12.8 Å². The third-order valence-electron chi connectivity index (χ3n) is 11.5. The van der Waals surface area contributed by atoms with Gasteiger partial charge in [0.15, 0.2) is 0 Å². The van der Waals surface area contributed by atoms with Gasteiger partial charge in [-0.05, 0) is 87.5 Å². The third kappa shape index (κ3) is 4.44. The summed E-state index contributed by atoms with van der Waals surface area (Å²) in [4.78, 5) is 0. The molecule has 0 aliphatic heterocycles. The number of para-hydroxylation sites is 1. The number of nitrogens with zero attached hydrogens (tertiary/aromatic N) is 2. The number of benzene rings is 7. The Kier molecular flexibility index (Phi) is 6.54. The lowest BCUT2D eigenvalue weighted by Crippen LogP contribution is -2.34. The molecule has 2 heteroatoms. The number of hydrogen-bond acceptors (Lipinski definition) is 0. The molecule has 2 unspecified atom stereocenters. The molecule has 246 valence electrons. The number of allylic oxidation sites excluding steroid dienone is 4. The van der Waals surface area contributed by atoms with Crippen molar-refractivity contribution in [2.75, 3.05) is 0 Å². The van der Waals surface area contributed by atoms with Crippen LogP contribution in [-0.2, 0) is 0 Å². The average Bonchev–Trinajstić information content (AvgIpc) is 3.74. The van der Waals surface area contributed by atoms with E-state index in [1.165, 1.54) is 87.2 Å². The summed E-state index contributed by atoms with van der Waals surface area (Å²) in [5.74, 6) is 0.265. The molecule has 2 aromatic heterocycles. The average molecular weight is 665 g/mol. The predicted molar refractivity (Wildman–Crippen MR) is 220 cm³/mol. The van der Waals surface area contributed by atoms with Gasteiger partial charge in [-0.25, -0.2) is 0 Å². The van der Waals surface area contributed by atoms with Gasteiger partial charge in [-0.2, -0.15) is 0 Å². The molecule has 2 aliphatic carbocycles. The monoisotopic (exact) mass is 664 g/mol. The van der Waals surface area contributed by atoms with Crippen LogP contribution in [0.3, 0.4) is 0 Å². The maximum Gasteiger partial charge on any atom is 0.0566 e. The van der Waals surface area contributed by atoms with Gasteiger partial charge in [-0.1, -0.05) is 146 Å². The highest BCUT2D eigenvalue weighted by atomic mass is 15.0. The largest absolute Gasteiger partial charge is 0.333 e. The molecule has 0 amide bonds. The SMILES string of the molecule is C1=CC(c2ccccc2)=CC(n2c3c(c4c5ccccc5ccc42)=CC(c2ccc4c(c2)c2c5ccccc5ccc2n4-c2ccccc2)CC=3)C1. The molecule has 2 heterocycles. The minimum absolute atomic E-state index is 0.238. The molecule has 9 aromatic rings. The van der Waals surface area contributed by atoms with Crippen LogP contribution in [0, 0.1) is 0 Å². The summed E-state index contributed by atoms with van der Waals surface area (Å²) in [6, 6.07) is 56.0. The molecular formula is C50H36N2. The zero-order valence-corrected chi connectivity index (χ0v) is 28.8. The van der Waals surface area contributed by atoms with Crippen molar-refractivity contribution in [1.82, 2.24) is 9.13 Å². The number of fused-ring (bicyclic) bond motifs is 10. The number of rotatable bonds is 4. The van der Waals surface area contributed by atoms with Gasteiger partial charge in [0.05, 0.1) is 22.6 Å². The van der Waals surface area contributed by atoms with Crippen LogP contribution >= 0.6 is 0 Å². The van der Waals surface area contributed by atoms with E-state index >= 15 is 0 Å². The van der Waals surface area contributed by atoms with Crippen molar-refractivity contribution in [3.63, 3.8) is 0 Å². The second-order valence-corrected chi connectivity index (χ2v) is 14.4. The highest BCUT2D eigenvalue weighted by Gasteiger charge is 2.23. The Hall–Kier alpha value is -6.38. The fourth-order valence-electron chi connectivity index (χ4n) is 9.17. The Morgan fingerprint density at radius 1 is 0.519 bits per heavy atom. The fraction of sp³-hybridized carbons (Fsp3) is 0.0800. The Bertz CT molecular complexity index is 3060. The first-order chi connectivity index (χ1) is 25.8. The molecule has 7 aromatic carbocycles. The van der Waals surface area contributed by atoms with Crippen molar-refractivity contribution in [3.05, 3.63) is 192 Å². The van der Waals surface area contributed by atoms with E-state index in [1.54, 1.807) is 0 Å². The van der Waals surface area contributed by atoms with E-state index in [0.29, 0.717) is 0 Å². The molecule has 0 bridgehead atoms. The lowest BCUT2D eigenvalue weighted by atomic mass is 9.90. The van der Waals surface area contributed by atoms with Gasteiger partial charge < -0.3 is 9.13 Å². The smallest absolute Gasteiger partial charge is 0.0566 e. The lowest BCUT2D eigenvalue weighted by Gasteiger charge is -2.22. The second-order valence-electron chi connectivity index (χ2n) is 14.4. The van der Waals surface area contributed by atoms with Gasteiger partial charge in [-0.3, -0.25) is 0 Å². The van der Waals surface area contributed by atoms with Crippen LogP contribution in [0.5, 0.6) is 0 Å². The summed E-state index contributed by atoms with van der Waals surface area (Å²) < 4.78 is 5.06. The second kappa shape index (κ2) is 11.6. The van der Waals surface area contributed by atoms with Crippen molar-refractivity contribution in [3.8, 4) is 5.69 Å². The molecule has 0 spiro atoms. The topological polar surface area (TPSA) is 9.86 Å². The fourth-order valence-corrected chi connectivity index (χ4v) is 9.17.